The van der Waals surface area contributed by atoms with Crippen LogP contribution in [0.3, 0.4) is 0 Å². The molecule has 4 nitrogen and oxygen atoms in total. The van der Waals surface area contributed by atoms with E-state index in [4.69, 9.17) is 11.0 Å². The Morgan fingerprint density at radius 3 is 2.35 bits per heavy atom. The van der Waals surface area contributed by atoms with Crippen LogP contribution in [-0.2, 0) is 0 Å². The second-order valence-electron chi connectivity index (χ2n) is 4.05. The van der Waals surface area contributed by atoms with Gasteiger partial charge >= 0.3 is 0 Å². The predicted molar refractivity (Wildman–Crippen MR) is 73.3 cm³/mol. The lowest BCUT2D eigenvalue weighted by Gasteiger charge is -2.22. The quantitative estimate of drug-likeness (QED) is 0.810. The molecule has 0 bridgehead atoms. The second-order valence-corrected chi connectivity index (χ2v) is 4.81. The van der Waals surface area contributed by atoms with Crippen molar-refractivity contribution in [1.82, 2.24) is 4.37 Å². The highest BCUT2D eigenvalue weighted by Gasteiger charge is 2.16. The average molecular weight is 252 g/mol. The monoisotopic (exact) mass is 252 g/mol. The van der Waals surface area contributed by atoms with Crippen LogP contribution in [0.4, 0.5) is 10.8 Å². The van der Waals surface area contributed by atoms with Gasteiger partial charge in [-0.05, 0) is 24.4 Å². The first-order valence-electron chi connectivity index (χ1n) is 6.14. The minimum Gasteiger partial charge on any atom is -0.382 e. The van der Waals surface area contributed by atoms with Crippen molar-refractivity contribution < 1.29 is 0 Å². The van der Waals surface area contributed by atoms with E-state index in [0.29, 0.717) is 11.4 Å². The van der Waals surface area contributed by atoms with E-state index in [9.17, 15) is 0 Å². The Kier molecular flexibility index (Phi) is 5.78. The maximum atomic E-state index is 9.10. The van der Waals surface area contributed by atoms with Gasteiger partial charge in [-0.1, -0.05) is 26.7 Å². The molecule has 2 N–H and O–H groups in total. The lowest BCUT2D eigenvalue weighted by atomic mass is 10.2. The van der Waals surface area contributed by atoms with Crippen LogP contribution in [-0.4, -0.2) is 17.5 Å². The summed E-state index contributed by atoms with van der Waals surface area (Å²) in [6.45, 7) is 6.30. The van der Waals surface area contributed by atoms with Gasteiger partial charge in [-0.15, -0.1) is 0 Å². The first-order valence-corrected chi connectivity index (χ1v) is 6.92. The summed E-state index contributed by atoms with van der Waals surface area (Å²) in [4.78, 5) is 2.25. The molecule has 0 aliphatic rings. The van der Waals surface area contributed by atoms with Crippen LogP contribution < -0.4 is 10.6 Å². The van der Waals surface area contributed by atoms with Crippen molar-refractivity contribution in [1.29, 1.82) is 5.26 Å². The number of aromatic nitrogens is 1. The zero-order valence-corrected chi connectivity index (χ0v) is 11.4. The summed E-state index contributed by atoms with van der Waals surface area (Å²) < 4.78 is 4.08. The predicted octanol–water partition coefficient (Wildman–Crippen LogP) is 3.00. The van der Waals surface area contributed by atoms with Crippen LogP contribution in [0, 0.1) is 11.3 Å². The minimum absolute atomic E-state index is 0.366. The number of hydrogen-bond acceptors (Lipinski definition) is 5. The van der Waals surface area contributed by atoms with Crippen molar-refractivity contribution in [2.45, 2.75) is 39.5 Å². The second kappa shape index (κ2) is 7.13. The van der Waals surface area contributed by atoms with E-state index in [1.165, 1.54) is 11.5 Å². The highest BCUT2D eigenvalue weighted by Crippen LogP contribution is 2.30. The minimum atomic E-state index is 0.366. The summed E-state index contributed by atoms with van der Waals surface area (Å²) in [6, 6.07) is 2.16. The third-order valence-corrected chi connectivity index (χ3v) is 3.59. The van der Waals surface area contributed by atoms with E-state index in [1.54, 1.807) is 0 Å². The van der Waals surface area contributed by atoms with Crippen molar-refractivity contribution in [2.24, 2.45) is 0 Å². The Bertz CT molecular complexity index is 372. The SMILES string of the molecule is CCCCN(CCCC)c1snc(N)c1C#N. The van der Waals surface area contributed by atoms with Crippen molar-refractivity contribution >= 4 is 22.4 Å². The van der Waals surface area contributed by atoms with E-state index in [0.717, 1.165) is 43.8 Å². The van der Waals surface area contributed by atoms with Gasteiger partial charge in [0, 0.05) is 13.1 Å². The van der Waals surface area contributed by atoms with Gasteiger partial charge < -0.3 is 10.6 Å². The molecule has 5 heteroatoms. The maximum absolute atomic E-state index is 9.10. The lowest BCUT2D eigenvalue weighted by Crippen LogP contribution is -2.25. The number of hydrogen-bond donors (Lipinski definition) is 1. The van der Waals surface area contributed by atoms with Crippen molar-refractivity contribution in [3.8, 4) is 6.07 Å². The lowest BCUT2D eigenvalue weighted by molar-refractivity contribution is 0.681. The Morgan fingerprint density at radius 1 is 1.29 bits per heavy atom. The molecule has 1 rings (SSSR count). The number of anilines is 2. The fourth-order valence-corrected chi connectivity index (χ4v) is 2.44. The highest BCUT2D eigenvalue weighted by atomic mass is 32.1. The summed E-state index contributed by atoms with van der Waals surface area (Å²) in [6.07, 6.45) is 4.57. The van der Waals surface area contributed by atoms with E-state index >= 15 is 0 Å². The molecule has 0 aromatic carbocycles. The Hall–Kier alpha value is -1.28. The van der Waals surface area contributed by atoms with Gasteiger partial charge in [-0.25, -0.2) is 0 Å². The Balaban J connectivity index is 2.83. The fraction of sp³-hybridized carbons (Fsp3) is 0.667. The van der Waals surface area contributed by atoms with Crippen LogP contribution in [0.25, 0.3) is 0 Å². The van der Waals surface area contributed by atoms with E-state index in [-0.39, 0.29) is 0 Å². The largest absolute Gasteiger partial charge is 0.382 e. The van der Waals surface area contributed by atoms with Gasteiger partial charge in [0.25, 0.3) is 0 Å². The van der Waals surface area contributed by atoms with Crippen molar-refractivity contribution in [3.63, 3.8) is 0 Å². The third-order valence-electron chi connectivity index (χ3n) is 2.66. The average Bonchev–Trinajstić information content (AvgIpc) is 2.70. The molecule has 0 fully saturated rings. The number of rotatable bonds is 7. The van der Waals surface area contributed by atoms with Crippen molar-refractivity contribution in [3.05, 3.63) is 5.56 Å². The summed E-state index contributed by atoms with van der Waals surface area (Å²) in [5.41, 5.74) is 6.24. The topological polar surface area (TPSA) is 65.9 Å². The molecule has 94 valence electrons. The first-order chi connectivity index (χ1) is 8.24. The zero-order chi connectivity index (χ0) is 12.7. The van der Waals surface area contributed by atoms with Crippen molar-refractivity contribution in [2.75, 3.05) is 23.7 Å². The molecular formula is C12H20N4S. The van der Waals surface area contributed by atoms with Crippen LogP contribution in [0.5, 0.6) is 0 Å². The molecular weight excluding hydrogens is 232 g/mol. The number of nitrogen functional groups attached to an aromatic ring is 1. The van der Waals surface area contributed by atoms with Gasteiger partial charge in [-0.2, -0.15) is 9.64 Å². The van der Waals surface area contributed by atoms with Crippen LogP contribution in [0.15, 0.2) is 0 Å². The molecule has 1 aromatic rings. The molecule has 1 aromatic heterocycles. The number of unbranched alkanes of at least 4 members (excludes halogenated alkanes) is 2. The normalized spacial score (nSPS) is 10.2. The highest BCUT2D eigenvalue weighted by molar-refractivity contribution is 7.10. The molecule has 1 heterocycles. The summed E-state index contributed by atoms with van der Waals surface area (Å²) in [5.74, 6) is 0.366. The molecule has 0 atom stereocenters. The van der Waals surface area contributed by atoms with Gasteiger partial charge in [0.1, 0.15) is 16.6 Å². The van der Waals surface area contributed by atoms with E-state index in [2.05, 4.69) is 29.2 Å². The molecule has 0 spiro atoms. The molecule has 0 saturated carbocycles. The van der Waals surface area contributed by atoms with Crippen LogP contribution in [0.2, 0.25) is 0 Å². The summed E-state index contributed by atoms with van der Waals surface area (Å²) >= 11 is 1.34. The standard InChI is InChI=1S/C12H20N4S/c1-3-5-7-16(8-6-4-2)12-10(9-13)11(14)15-17-12/h3-8H2,1-2H3,(H2,14,15). The number of nitrogens with two attached hydrogens (primary N) is 1. The Labute approximate surface area is 107 Å². The fourth-order valence-electron chi connectivity index (χ4n) is 1.63. The molecule has 0 radical (unpaired) electrons. The molecule has 0 amide bonds. The van der Waals surface area contributed by atoms with Crippen LogP contribution >= 0.6 is 11.5 Å². The zero-order valence-electron chi connectivity index (χ0n) is 10.6. The third kappa shape index (κ3) is 3.60. The summed E-state index contributed by atoms with van der Waals surface area (Å²) in [7, 11) is 0. The molecule has 17 heavy (non-hydrogen) atoms. The molecule has 0 aliphatic heterocycles. The molecule has 0 aliphatic carbocycles. The van der Waals surface area contributed by atoms with E-state index < -0.39 is 0 Å². The number of nitriles is 1. The van der Waals surface area contributed by atoms with Gasteiger partial charge in [0.05, 0.1) is 0 Å². The number of nitrogens with zero attached hydrogens (tertiary/aromatic N) is 3. The van der Waals surface area contributed by atoms with Gasteiger partial charge in [0.15, 0.2) is 5.82 Å². The van der Waals surface area contributed by atoms with Gasteiger partial charge in [0.2, 0.25) is 0 Å². The smallest absolute Gasteiger partial charge is 0.157 e. The van der Waals surface area contributed by atoms with Crippen LogP contribution in [0.1, 0.15) is 45.1 Å². The molecule has 0 unspecified atom stereocenters. The Morgan fingerprint density at radius 2 is 1.88 bits per heavy atom. The van der Waals surface area contributed by atoms with E-state index in [1.807, 2.05) is 0 Å². The maximum Gasteiger partial charge on any atom is 0.157 e. The van der Waals surface area contributed by atoms with Gasteiger partial charge in [-0.3, -0.25) is 0 Å². The summed E-state index contributed by atoms with van der Waals surface area (Å²) in [5, 5.41) is 10.0. The first kappa shape index (κ1) is 13.8. The molecule has 0 saturated heterocycles.